The van der Waals surface area contributed by atoms with Crippen LogP contribution in [0.15, 0.2) is 53.4 Å². The predicted molar refractivity (Wildman–Crippen MR) is 83.1 cm³/mol. The summed E-state index contributed by atoms with van der Waals surface area (Å²) in [6, 6.07) is 14.6. The maximum atomic E-state index is 11.5. The molecule has 2 aromatic rings. The van der Waals surface area contributed by atoms with Gasteiger partial charge in [-0.05, 0) is 36.4 Å². The molecule has 21 heavy (non-hydrogen) atoms. The number of hydrogen-bond donors (Lipinski definition) is 1. The molecule has 0 aliphatic heterocycles. The van der Waals surface area contributed by atoms with E-state index < -0.39 is 9.84 Å². The molecular formula is C16H19NO3S. The molecule has 5 heteroatoms. The molecule has 0 radical (unpaired) electrons. The molecule has 0 aromatic heterocycles. The molecule has 0 unspecified atom stereocenters. The fraction of sp³-hybridized carbons (Fsp3) is 0.250. The summed E-state index contributed by atoms with van der Waals surface area (Å²) in [5.74, 6) is 0.553. The molecule has 0 saturated heterocycles. The zero-order chi connectivity index (χ0) is 15.3. The minimum Gasteiger partial charge on any atom is -0.489 e. The van der Waals surface area contributed by atoms with Crippen LogP contribution in [0.25, 0.3) is 0 Å². The SMILES string of the molecule is CNCc1cccc(COc2cccc(S(C)(=O)=O)c2)c1. The Morgan fingerprint density at radius 1 is 1.05 bits per heavy atom. The number of hydrogen-bond acceptors (Lipinski definition) is 4. The second kappa shape index (κ2) is 6.74. The maximum absolute atomic E-state index is 11.5. The molecule has 1 N–H and O–H groups in total. The van der Waals surface area contributed by atoms with Gasteiger partial charge in [0, 0.05) is 12.8 Å². The molecular weight excluding hydrogens is 286 g/mol. The third kappa shape index (κ3) is 4.58. The van der Waals surface area contributed by atoms with Gasteiger partial charge in [0.2, 0.25) is 0 Å². The van der Waals surface area contributed by atoms with Crippen molar-refractivity contribution < 1.29 is 13.2 Å². The quantitative estimate of drug-likeness (QED) is 0.890. The molecule has 0 saturated carbocycles. The van der Waals surface area contributed by atoms with Crippen LogP contribution in [0.1, 0.15) is 11.1 Å². The third-order valence-electron chi connectivity index (χ3n) is 3.01. The van der Waals surface area contributed by atoms with Gasteiger partial charge >= 0.3 is 0 Å². The first-order valence-corrected chi connectivity index (χ1v) is 8.53. The second-order valence-electron chi connectivity index (χ2n) is 4.89. The van der Waals surface area contributed by atoms with Crippen molar-refractivity contribution in [2.75, 3.05) is 13.3 Å². The minimum absolute atomic E-state index is 0.268. The van der Waals surface area contributed by atoms with Gasteiger partial charge in [-0.15, -0.1) is 0 Å². The molecule has 0 atom stereocenters. The van der Waals surface area contributed by atoms with E-state index in [1.54, 1.807) is 24.3 Å². The van der Waals surface area contributed by atoms with Crippen LogP contribution in [-0.4, -0.2) is 21.7 Å². The second-order valence-corrected chi connectivity index (χ2v) is 6.90. The van der Waals surface area contributed by atoms with Gasteiger partial charge in [0.1, 0.15) is 12.4 Å². The van der Waals surface area contributed by atoms with Crippen LogP contribution in [-0.2, 0) is 23.0 Å². The summed E-state index contributed by atoms with van der Waals surface area (Å²) in [5, 5.41) is 3.10. The van der Waals surface area contributed by atoms with Crippen LogP contribution < -0.4 is 10.1 Å². The fourth-order valence-corrected chi connectivity index (χ4v) is 2.65. The zero-order valence-corrected chi connectivity index (χ0v) is 13.0. The van der Waals surface area contributed by atoms with E-state index in [-0.39, 0.29) is 4.90 Å². The first-order chi connectivity index (χ1) is 9.99. The summed E-state index contributed by atoms with van der Waals surface area (Å²) in [4.78, 5) is 0.268. The number of sulfone groups is 1. The van der Waals surface area contributed by atoms with Crippen LogP contribution in [0.5, 0.6) is 5.75 Å². The molecule has 0 aliphatic rings. The van der Waals surface area contributed by atoms with Gasteiger partial charge in [0.05, 0.1) is 4.90 Å². The average Bonchev–Trinajstić information content (AvgIpc) is 2.45. The van der Waals surface area contributed by atoms with Crippen molar-refractivity contribution in [3.8, 4) is 5.75 Å². The first kappa shape index (κ1) is 15.5. The van der Waals surface area contributed by atoms with Crippen molar-refractivity contribution in [3.63, 3.8) is 0 Å². The van der Waals surface area contributed by atoms with Crippen molar-refractivity contribution >= 4 is 9.84 Å². The Morgan fingerprint density at radius 2 is 1.76 bits per heavy atom. The largest absolute Gasteiger partial charge is 0.489 e. The van der Waals surface area contributed by atoms with Crippen molar-refractivity contribution in [2.24, 2.45) is 0 Å². The van der Waals surface area contributed by atoms with Crippen LogP contribution in [0.2, 0.25) is 0 Å². The Balaban J connectivity index is 2.08. The van der Waals surface area contributed by atoms with Crippen molar-refractivity contribution in [1.29, 1.82) is 0 Å². The van der Waals surface area contributed by atoms with Crippen LogP contribution in [0.3, 0.4) is 0 Å². The smallest absolute Gasteiger partial charge is 0.175 e. The molecule has 112 valence electrons. The Bertz CT molecular complexity index is 711. The summed E-state index contributed by atoms with van der Waals surface area (Å²) >= 11 is 0. The average molecular weight is 305 g/mol. The van der Waals surface area contributed by atoms with Crippen molar-refractivity contribution in [1.82, 2.24) is 5.32 Å². The molecule has 0 amide bonds. The number of ether oxygens (including phenoxy) is 1. The third-order valence-corrected chi connectivity index (χ3v) is 4.12. The Kier molecular flexibility index (Phi) is 4.98. The summed E-state index contributed by atoms with van der Waals surface area (Å²) in [6.07, 6.45) is 1.19. The lowest BCUT2D eigenvalue weighted by Gasteiger charge is -2.09. The van der Waals surface area contributed by atoms with Gasteiger partial charge in [0.25, 0.3) is 0 Å². The van der Waals surface area contributed by atoms with E-state index in [1.165, 1.54) is 11.8 Å². The van der Waals surface area contributed by atoms with Crippen molar-refractivity contribution in [3.05, 3.63) is 59.7 Å². The lowest BCUT2D eigenvalue weighted by molar-refractivity contribution is 0.305. The molecule has 4 nitrogen and oxygen atoms in total. The fourth-order valence-electron chi connectivity index (χ4n) is 1.99. The lowest BCUT2D eigenvalue weighted by Crippen LogP contribution is -2.05. The minimum atomic E-state index is -3.21. The van der Waals surface area contributed by atoms with Crippen LogP contribution in [0, 0.1) is 0 Å². The summed E-state index contributed by atoms with van der Waals surface area (Å²) in [5.41, 5.74) is 2.23. The highest BCUT2D eigenvalue weighted by Gasteiger charge is 2.07. The predicted octanol–water partition coefficient (Wildman–Crippen LogP) is 2.39. The van der Waals surface area contributed by atoms with Gasteiger partial charge in [0.15, 0.2) is 9.84 Å². The van der Waals surface area contributed by atoms with Crippen LogP contribution >= 0.6 is 0 Å². The summed E-state index contributed by atoms with van der Waals surface area (Å²) in [6.45, 7) is 1.21. The summed E-state index contributed by atoms with van der Waals surface area (Å²) < 4.78 is 28.7. The number of benzene rings is 2. The van der Waals surface area contributed by atoms with E-state index in [9.17, 15) is 8.42 Å². The Labute approximate surface area is 125 Å². The zero-order valence-electron chi connectivity index (χ0n) is 12.2. The molecule has 0 heterocycles. The highest BCUT2D eigenvalue weighted by atomic mass is 32.2. The monoisotopic (exact) mass is 305 g/mol. The summed E-state index contributed by atoms with van der Waals surface area (Å²) in [7, 11) is -1.31. The van der Waals surface area contributed by atoms with Gasteiger partial charge < -0.3 is 10.1 Å². The highest BCUT2D eigenvalue weighted by molar-refractivity contribution is 7.90. The van der Waals surface area contributed by atoms with Gasteiger partial charge in [-0.1, -0.05) is 30.3 Å². The van der Waals surface area contributed by atoms with E-state index in [2.05, 4.69) is 11.4 Å². The molecule has 0 spiro atoms. The lowest BCUT2D eigenvalue weighted by atomic mass is 10.1. The van der Waals surface area contributed by atoms with Gasteiger partial charge in [-0.2, -0.15) is 0 Å². The molecule has 0 aliphatic carbocycles. The van der Waals surface area contributed by atoms with E-state index in [0.29, 0.717) is 12.4 Å². The molecule has 2 aromatic carbocycles. The Morgan fingerprint density at radius 3 is 2.48 bits per heavy atom. The van der Waals surface area contributed by atoms with E-state index in [0.717, 1.165) is 12.1 Å². The topological polar surface area (TPSA) is 55.4 Å². The Hall–Kier alpha value is -1.85. The standard InChI is InChI=1S/C16H19NO3S/c1-17-11-13-5-3-6-14(9-13)12-20-15-7-4-8-16(10-15)21(2,18)19/h3-10,17H,11-12H2,1-2H3. The van der Waals surface area contributed by atoms with Crippen LogP contribution in [0.4, 0.5) is 0 Å². The van der Waals surface area contributed by atoms with Gasteiger partial charge in [-0.3, -0.25) is 0 Å². The maximum Gasteiger partial charge on any atom is 0.175 e. The molecule has 2 rings (SSSR count). The first-order valence-electron chi connectivity index (χ1n) is 6.64. The number of rotatable bonds is 6. The van der Waals surface area contributed by atoms with E-state index in [4.69, 9.17) is 4.74 Å². The number of nitrogens with one attached hydrogen (secondary N) is 1. The molecule has 0 bridgehead atoms. The van der Waals surface area contributed by atoms with Crippen molar-refractivity contribution in [2.45, 2.75) is 18.0 Å². The highest BCUT2D eigenvalue weighted by Crippen LogP contribution is 2.18. The van der Waals surface area contributed by atoms with E-state index >= 15 is 0 Å². The van der Waals surface area contributed by atoms with Gasteiger partial charge in [-0.25, -0.2) is 8.42 Å². The molecule has 0 fully saturated rings. The van der Waals surface area contributed by atoms with E-state index in [1.807, 2.05) is 25.2 Å². The normalized spacial score (nSPS) is 11.3.